The number of nitro benzene ring substituents is 1. The van der Waals surface area contributed by atoms with Gasteiger partial charge in [-0.2, -0.15) is 5.10 Å². The molecule has 0 aliphatic rings. The molecule has 0 fully saturated rings. The summed E-state index contributed by atoms with van der Waals surface area (Å²) < 4.78 is 15.7. The lowest BCUT2D eigenvalue weighted by atomic mass is 10.2. The number of benzene rings is 2. The van der Waals surface area contributed by atoms with Crippen LogP contribution in [0, 0.1) is 22.9 Å². The van der Waals surface area contributed by atoms with E-state index in [9.17, 15) is 19.3 Å². The van der Waals surface area contributed by atoms with Crippen molar-refractivity contribution in [2.45, 2.75) is 16.7 Å². The van der Waals surface area contributed by atoms with E-state index < -0.39 is 16.6 Å². The second-order valence-electron chi connectivity index (χ2n) is 6.73. The number of non-ortho nitro benzene ring substituents is 1. The van der Waals surface area contributed by atoms with Crippen LogP contribution in [-0.4, -0.2) is 25.6 Å². The number of rotatable bonds is 5. The number of carbonyl (C=O) groups excluding carboxylic acids is 1. The topological polar surface area (TPSA) is 103 Å². The van der Waals surface area contributed by atoms with Crippen molar-refractivity contribution in [3.63, 3.8) is 0 Å². The molecular formula is C21H16FN5O3S. The van der Waals surface area contributed by atoms with E-state index in [2.05, 4.69) is 15.4 Å². The van der Waals surface area contributed by atoms with Crippen LogP contribution in [0.4, 0.5) is 15.8 Å². The minimum Gasteiger partial charge on any atom is -0.321 e. The van der Waals surface area contributed by atoms with Gasteiger partial charge in [0.15, 0.2) is 5.65 Å². The zero-order valence-electron chi connectivity index (χ0n) is 16.5. The molecule has 4 rings (SSSR count). The van der Waals surface area contributed by atoms with Crippen LogP contribution >= 0.6 is 11.8 Å². The Hall–Kier alpha value is -3.79. The molecule has 10 heteroatoms. The zero-order valence-corrected chi connectivity index (χ0v) is 17.3. The van der Waals surface area contributed by atoms with Gasteiger partial charge in [0.25, 0.3) is 11.6 Å². The molecule has 31 heavy (non-hydrogen) atoms. The van der Waals surface area contributed by atoms with Crippen LogP contribution in [0.25, 0.3) is 11.0 Å². The van der Waals surface area contributed by atoms with Crippen molar-refractivity contribution in [2.75, 3.05) is 5.32 Å². The highest BCUT2D eigenvalue weighted by atomic mass is 32.2. The van der Waals surface area contributed by atoms with Gasteiger partial charge in [-0.1, -0.05) is 23.9 Å². The predicted molar refractivity (Wildman–Crippen MR) is 115 cm³/mol. The average molecular weight is 437 g/mol. The van der Waals surface area contributed by atoms with Gasteiger partial charge in [-0.25, -0.2) is 9.37 Å². The summed E-state index contributed by atoms with van der Waals surface area (Å²) in [5, 5.41) is 19.0. The van der Waals surface area contributed by atoms with Crippen LogP contribution in [0.5, 0.6) is 0 Å². The largest absolute Gasteiger partial charge is 0.321 e. The van der Waals surface area contributed by atoms with Crippen LogP contribution in [0.2, 0.25) is 0 Å². The Morgan fingerprint density at radius 2 is 1.97 bits per heavy atom. The van der Waals surface area contributed by atoms with E-state index in [1.165, 1.54) is 30.5 Å². The van der Waals surface area contributed by atoms with E-state index in [1.54, 1.807) is 36.0 Å². The molecule has 1 N–H and O–H groups in total. The molecule has 0 atom stereocenters. The number of amides is 1. The van der Waals surface area contributed by atoms with Gasteiger partial charge in [0.05, 0.1) is 28.1 Å². The highest BCUT2D eigenvalue weighted by molar-refractivity contribution is 7.99. The quantitative estimate of drug-likeness (QED) is 0.358. The number of hydrogen-bond acceptors (Lipinski definition) is 6. The smallest absolute Gasteiger partial charge is 0.270 e. The van der Waals surface area contributed by atoms with Crippen LogP contribution in [-0.2, 0) is 7.05 Å². The van der Waals surface area contributed by atoms with Crippen molar-refractivity contribution in [1.82, 2.24) is 14.8 Å². The van der Waals surface area contributed by atoms with E-state index in [1.807, 2.05) is 6.92 Å². The summed E-state index contributed by atoms with van der Waals surface area (Å²) >= 11 is 1.02. The highest BCUT2D eigenvalue weighted by Crippen LogP contribution is 2.34. The number of fused-ring (bicyclic) bond motifs is 1. The third-order valence-electron chi connectivity index (χ3n) is 4.60. The number of pyridine rings is 1. The van der Waals surface area contributed by atoms with Gasteiger partial charge in [-0.3, -0.25) is 19.6 Å². The summed E-state index contributed by atoms with van der Waals surface area (Å²) in [6.45, 7) is 1.83. The molecule has 2 aromatic heterocycles. The lowest BCUT2D eigenvalue weighted by molar-refractivity contribution is -0.384. The number of carbonyl (C=O) groups is 1. The van der Waals surface area contributed by atoms with E-state index in [4.69, 9.17) is 0 Å². The van der Waals surface area contributed by atoms with Crippen molar-refractivity contribution < 1.29 is 14.1 Å². The first-order valence-corrected chi connectivity index (χ1v) is 9.96. The first-order chi connectivity index (χ1) is 14.8. The van der Waals surface area contributed by atoms with Crippen molar-refractivity contribution >= 4 is 40.1 Å². The van der Waals surface area contributed by atoms with Gasteiger partial charge in [-0.15, -0.1) is 0 Å². The van der Waals surface area contributed by atoms with E-state index >= 15 is 0 Å². The van der Waals surface area contributed by atoms with Gasteiger partial charge in [0, 0.05) is 34.4 Å². The highest BCUT2D eigenvalue weighted by Gasteiger charge is 2.19. The van der Waals surface area contributed by atoms with E-state index in [0.29, 0.717) is 21.1 Å². The normalized spacial score (nSPS) is 10.9. The fourth-order valence-electron chi connectivity index (χ4n) is 3.12. The number of aromatic nitrogens is 3. The van der Waals surface area contributed by atoms with Crippen molar-refractivity contribution in [3.8, 4) is 0 Å². The second kappa shape index (κ2) is 8.15. The lowest BCUT2D eigenvalue weighted by Gasteiger charge is -2.11. The number of nitrogens with one attached hydrogen (secondary N) is 1. The standard InChI is InChI=1S/C21H16FN5O3S/c1-12-15-9-13(11-23-20(15)26(2)25-12)24-21(28)16-10-14(27(29)30)7-8-18(16)31-19-6-4-3-5-17(19)22/h3-11H,1-2H3,(H,24,28). The molecule has 0 spiro atoms. The molecule has 2 heterocycles. The molecule has 0 radical (unpaired) electrons. The fraction of sp³-hybridized carbons (Fsp3) is 0.0952. The van der Waals surface area contributed by atoms with Gasteiger partial charge in [-0.05, 0) is 31.2 Å². The number of nitrogens with zero attached hydrogens (tertiary/aromatic N) is 4. The number of aryl methyl sites for hydroxylation is 2. The maximum absolute atomic E-state index is 14.1. The second-order valence-corrected chi connectivity index (χ2v) is 7.81. The molecule has 0 saturated heterocycles. The summed E-state index contributed by atoms with van der Waals surface area (Å²) in [6, 6.07) is 11.8. The van der Waals surface area contributed by atoms with E-state index in [0.717, 1.165) is 22.8 Å². The third kappa shape index (κ3) is 4.10. The molecule has 156 valence electrons. The minimum absolute atomic E-state index is 0.0606. The van der Waals surface area contributed by atoms with Gasteiger partial charge in [0.2, 0.25) is 0 Å². The molecular weight excluding hydrogens is 421 g/mol. The van der Waals surface area contributed by atoms with Gasteiger partial charge >= 0.3 is 0 Å². The molecule has 0 bridgehead atoms. The first-order valence-electron chi connectivity index (χ1n) is 9.15. The Kier molecular flexibility index (Phi) is 5.38. The monoisotopic (exact) mass is 437 g/mol. The van der Waals surface area contributed by atoms with Crippen molar-refractivity contribution in [3.05, 3.63) is 81.9 Å². The van der Waals surface area contributed by atoms with Crippen molar-refractivity contribution in [1.29, 1.82) is 0 Å². The Balaban J connectivity index is 1.70. The molecule has 1 amide bonds. The molecule has 0 aliphatic carbocycles. The minimum atomic E-state index is -0.582. The summed E-state index contributed by atoms with van der Waals surface area (Å²) in [5.74, 6) is -1.01. The van der Waals surface area contributed by atoms with Gasteiger partial charge < -0.3 is 5.32 Å². The van der Waals surface area contributed by atoms with Gasteiger partial charge in [0.1, 0.15) is 5.82 Å². The number of nitro groups is 1. The summed E-state index contributed by atoms with van der Waals surface area (Å²) in [7, 11) is 1.77. The Morgan fingerprint density at radius 1 is 1.19 bits per heavy atom. The fourth-order valence-corrected chi connectivity index (χ4v) is 4.07. The number of hydrogen-bond donors (Lipinski definition) is 1. The van der Waals surface area contributed by atoms with Crippen LogP contribution in [0.1, 0.15) is 16.1 Å². The summed E-state index contributed by atoms with van der Waals surface area (Å²) in [5.41, 5.74) is 1.67. The Labute approximate surface area is 180 Å². The summed E-state index contributed by atoms with van der Waals surface area (Å²) in [4.78, 5) is 28.7. The van der Waals surface area contributed by atoms with Crippen molar-refractivity contribution in [2.24, 2.45) is 7.05 Å². The third-order valence-corrected chi connectivity index (χ3v) is 5.72. The van der Waals surface area contributed by atoms with Crippen LogP contribution in [0.15, 0.2) is 64.5 Å². The average Bonchev–Trinajstić information content (AvgIpc) is 3.03. The Morgan fingerprint density at radius 3 is 2.71 bits per heavy atom. The lowest BCUT2D eigenvalue weighted by Crippen LogP contribution is -2.13. The molecule has 2 aromatic carbocycles. The first kappa shape index (κ1) is 20.5. The summed E-state index contributed by atoms with van der Waals surface area (Å²) in [6.07, 6.45) is 1.49. The number of halogens is 1. The molecule has 8 nitrogen and oxygen atoms in total. The SMILES string of the molecule is Cc1nn(C)c2ncc(NC(=O)c3cc([N+](=O)[O-])ccc3Sc3ccccc3F)cc12. The van der Waals surface area contributed by atoms with E-state index in [-0.39, 0.29) is 11.3 Å². The molecule has 0 saturated carbocycles. The van der Waals surface area contributed by atoms with Crippen LogP contribution < -0.4 is 5.32 Å². The van der Waals surface area contributed by atoms with Crippen LogP contribution in [0.3, 0.4) is 0 Å². The predicted octanol–water partition coefficient (Wildman–Crippen LogP) is 4.73. The molecule has 0 aliphatic heterocycles. The molecule has 4 aromatic rings. The number of anilines is 1. The zero-order chi connectivity index (χ0) is 22.1. The molecule has 0 unspecified atom stereocenters. The Bertz CT molecular complexity index is 1340. The maximum atomic E-state index is 14.1. The maximum Gasteiger partial charge on any atom is 0.270 e.